The first-order chi connectivity index (χ1) is 18.1. The van der Waals surface area contributed by atoms with E-state index in [4.69, 9.17) is 19.3 Å². The first-order valence-corrected chi connectivity index (χ1v) is 14.5. The zero-order chi connectivity index (χ0) is 29.1. The summed E-state index contributed by atoms with van der Waals surface area (Å²) in [4.78, 5) is 74.8. The number of rotatable bonds is 10. The third-order valence-electron chi connectivity index (χ3n) is 5.85. The summed E-state index contributed by atoms with van der Waals surface area (Å²) in [5, 5.41) is 32.8. The maximum atomic E-state index is 12.1. The monoisotopic (exact) mass is 595 g/mol. The Morgan fingerprint density at radius 1 is 1.05 bits per heavy atom. The number of aromatic amines is 1. The lowest BCUT2D eigenvalue weighted by molar-refractivity contribution is -0.0882. The van der Waals surface area contributed by atoms with E-state index in [1.807, 2.05) is 10.3 Å². The number of alkyl carbamates (subject to hydrolysis) is 1. The second kappa shape index (κ2) is 12.2. The van der Waals surface area contributed by atoms with E-state index >= 15 is 0 Å². The van der Waals surface area contributed by atoms with Crippen molar-refractivity contribution in [2.24, 2.45) is 0 Å². The maximum absolute atomic E-state index is 12.1. The first-order valence-electron chi connectivity index (χ1n) is 11.2. The lowest BCUT2D eigenvalue weighted by atomic mass is 10.0. The summed E-state index contributed by atoms with van der Waals surface area (Å²) in [7, 11) is -9.44. The van der Waals surface area contributed by atoms with Crippen molar-refractivity contribution < 1.29 is 58.3 Å². The Morgan fingerprint density at radius 3 is 2.26 bits per heavy atom. The van der Waals surface area contributed by atoms with Gasteiger partial charge in [0.1, 0.15) is 30.7 Å². The average Bonchev–Trinajstić information content (AvgIpc) is 3.13. The molecule has 2 aromatic rings. The van der Waals surface area contributed by atoms with Gasteiger partial charge in [-0.25, -0.2) is 9.59 Å². The molecule has 0 bridgehead atoms. The molecule has 9 N–H and O–H groups in total. The molecule has 1 fully saturated rings. The molecule has 1 saturated heterocycles. The summed E-state index contributed by atoms with van der Waals surface area (Å²) >= 11 is 0. The molecular weight excluding hydrogens is 568 g/mol. The highest BCUT2D eigenvalue weighted by Gasteiger charge is 2.47. The molecule has 6 atom stereocenters. The quantitative estimate of drug-likeness (QED) is 0.129. The Kier molecular flexibility index (Phi) is 9.67. The van der Waals surface area contributed by atoms with E-state index in [-0.39, 0.29) is 5.30 Å². The van der Waals surface area contributed by atoms with Crippen LogP contribution in [0.15, 0.2) is 46.1 Å². The third-order valence-corrected chi connectivity index (χ3v) is 8.02. The number of nitrogens with one attached hydrogen (secondary N) is 2. The van der Waals surface area contributed by atoms with Gasteiger partial charge in [0.15, 0.2) is 6.23 Å². The predicted molar refractivity (Wildman–Crippen MR) is 130 cm³/mol. The minimum absolute atomic E-state index is 0.253. The fourth-order valence-electron chi connectivity index (χ4n) is 3.79. The van der Waals surface area contributed by atoms with Crippen LogP contribution in [0.2, 0.25) is 0 Å². The number of amides is 1. The third kappa shape index (κ3) is 7.93. The van der Waals surface area contributed by atoms with Gasteiger partial charge in [-0.15, -0.1) is 0 Å². The van der Waals surface area contributed by atoms with Gasteiger partial charge in [-0.3, -0.25) is 23.5 Å². The van der Waals surface area contributed by atoms with Crippen molar-refractivity contribution in [3.8, 4) is 0 Å². The van der Waals surface area contributed by atoms with Crippen LogP contribution in [0.5, 0.6) is 0 Å². The Balaban J connectivity index is 1.58. The van der Waals surface area contributed by atoms with Crippen molar-refractivity contribution in [3.05, 3.63) is 62.9 Å². The van der Waals surface area contributed by atoms with Crippen molar-refractivity contribution in [1.29, 1.82) is 0 Å². The molecule has 0 aliphatic carbocycles. The Bertz CT molecular complexity index is 1370. The summed E-state index contributed by atoms with van der Waals surface area (Å²) in [6, 6.07) is 5.81. The minimum atomic E-state index is -4.98. The average molecular weight is 595 g/mol. The van der Waals surface area contributed by atoms with Crippen LogP contribution >= 0.6 is 15.2 Å². The molecule has 216 valence electrons. The number of aliphatic hydroxyl groups is 3. The van der Waals surface area contributed by atoms with Gasteiger partial charge in [0.05, 0.1) is 11.4 Å². The summed E-state index contributed by atoms with van der Waals surface area (Å²) in [5.41, 5.74) is -1.34. The zero-order valence-corrected chi connectivity index (χ0v) is 21.7. The van der Waals surface area contributed by atoms with E-state index < -0.39 is 88.4 Å². The van der Waals surface area contributed by atoms with Crippen molar-refractivity contribution in [2.75, 3.05) is 0 Å². The fraction of sp³-hybridized carbons (Fsp3) is 0.450. The number of hydrogen-bond acceptors (Lipinski definition) is 10. The van der Waals surface area contributed by atoms with E-state index in [9.17, 15) is 48.6 Å². The van der Waals surface area contributed by atoms with Crippen LogP contribution in [0.3, 0.4) is 0 Å². The smallest absolute Gasteiger partial charge is 0.408 e. The SMILES string of the molecule is O=C(NC(CCC(O)[C@H]1O[C@@H](n2ccc(=O)[nH]c2=O)[C@H](O)[C@@H]1O)P(=O)(O)O)OCc1ccc(P(=O)(O)O)cc1. The lowest BCUT2D eigenvalue weighted by Crippen LogP contribution is -2.41. The Morgan fingerprint density at radius 2 is 1.69 bits per heavy atom. The molecule has 39 heavy (non-hydrogen) atoms. The summed E-state index contributed by atoms with van der Waals surface area (Å²) < 4.78 is 34.2. The van der Waals surface area contributed by atoms with E-state index in [0.29, 0.717) is 5.56 Å². The number of H-pyrrole nitrogens is 1. The maximum Gasteiger partial charge on any atom is 0.408 e. The second-order valence-corrected chi connectivity index (χ2v) is 12.1. The van der Waals surface area contributed by atoms with Gasteiger partial charge in [0.25, 0.3) is 5.56 Å². The molecule has 2 unspecified atom stereocenters. The molecule has 0 saturated carbocycles. The normalized spacial score (nSPS) is 23.3. The molecular formula is C20H27N3O14P2. The highest BCUT2D eigenvalue weighted by molar-refractivity contribution is 7.60. The number of carbonyl (C=O) groups excluding carboxylic acids is 1. The van der Waals surface area contributed by atoms with Crippen LogP contribution in [-0.4, -0.2) is 80.7 Å². The molecule has 1 aromatic carbocycles. The molecule has 2 heterocycles. The number of aliphatic hydroxyl groups excluding tert-OH is 3. The summed E-state index contributed by atoms with van der Waals surface area (Å²) in [6.45, 7) is -0.394. The highest BCUT2D eigenvalue weighted by Crippen LogP contribution is 2.42. The van der Waals surface area contributed by atoms with Crippen molar-refractivity contribution >= 4 is 26.6 Å². The minimum Gasteiger partial charge on any atom is -0.445 e. The van der Waals surface area contributed by atoms with Crippen LogP contribution in [0.25, 0.3) is 0 Å². The van der Waals surface area contributed by atoms with Gasteiger partial charge in [-0.05, 0) is 30.5 Å². The van der Waals surface area contributed by atoms with Crippen molar-refractivity contribution in [2.45, 2.75) is 55.9 Å². The Labute approximate surface area is 219 Å². The van der Waals surface area contributed by atoms with Crippen LogP contribution in [0.1, 0.15) is 24.6 Å². The number of ether oxygens (including phenoxy) is 2. The summed E-state index contributed by atoms with van der Waals surface area (Å²) in [6.07, 6.45) is -9.19. The summed E-state index contributed by atoms with van der Waals surface area (Å²) in [5.74, 6) is -1.82. The van der Waals surface area contributed by atoms with Gasteiger partial charge in [-0.2, -0.15) is 0 Å². The van der Waals surface area contributed by atoms with Gasteiger partial charge >= 0.3 is 27.0 Å². The first kappa shape index (κ1) is 30.8. The van der Waals surface area contributed by atoms with Crippen LogP contribution in [0.4, 0.5) is 4.79 Å². The van der Waals surface area contributed by atoms with Gasteiger partial charge in [0, 0.05) is 12.3 Å². The molecule has 1 aliphatic rings. The largest absolute Gasteiger partial charge is 0.445 e. The molecule has 17 nitrogen and oxygen atoms in total. The van der Waals surface area contributed by atoms with E-state index in [2.05, 4.69) is 0 Å². The van der Waals surface area contributed by atoms with Crippen molar-refractivity contribution in [1.82, 2.24) is 14.9 Å². The number of hydrogen-bond donors (Lipinski definition) is 9. The molecule has 0 radical (unpaired) electrons. The predicted octanol–water partition coefficient (Wildman–Crippen LogP) is -2.47. The molecule has 1 aliphatic heterocycles. The molecule has 19 heteroatoms. The standard InChI is InChI=1S/C20H27N3O14P2/c24-12(17-15(26)16(27)18(37-17)23-8-7-13(25)21-19(23)28)5-6-14(39(33,34)35)22-20(29)36-9-10-1-3-11(4-2-10)38(30,31)32/h1-4,7-8,12,14-18,24,26-27H,5-6,9H2,(H,22,29)(H,21,25,28)(H2,30,31,32)(H2,33,34,35)/t12?,14?,15-,16+,17+,18+/m0/s1. The van der Waals surface area contributed by atoms with Gasteiger partial charge < -0.3 is 49.7 Å². The van der Waals surface area contributed by atoms with E-state index in [1.165, 1.54) is 12.1 Å². The molecule has 1 amide bonds. The van der Waals surface area contributed by atoms with E-state index in [1.54, 1.807) is 0 Å². The highest BCUT2D eigenvalue weighted by atomic mass is 31.2. The van der Waals surface area contributed by atoms with Gasteiger partial charge in [-0.1, -0.05) is 12.1 Å². The van der Waals surface area contributed by atoms with E-state index in [0.717, 1.165) is 29.0 Å². The lowest BCUT2D eigenvalue weighted by Gasteiger charge is -2.24. The number of nitrogens with zero attached hydrogens (tertiary/aromatic N) is 1. The topological polar surface area (TPSA) is 278 Å². The Hall–Kier alpha value is -2.69. The molecule has 3 rings (SSSR count). The fourth-order valence-corrected chi connectivity index (χ4v) is 5.09. The number of carbonyl (C=O) groups is 1. The molecule has 0 spiro atoms. The second-order valence-electron chi connectivity index (χ2n) is 8.67. The van der Waals surface area contributed by atoms with Crippen LogP contribution in [-0.2, 0) is 25.2 Å². The van der Waals surface area contributed by atoms with Crippen LogP contribution < -0.4 is 21.9 Å². The number of aromatic nitrogens is 2. The number of benzene rings is 1. The zero-order valence-electron chi connectivity index (χ0n) is 19.9. The van der Waals surface area contributed by atoms with Crippen LogP contribution in [0, 0.1) is 0 Å². The van der Waals surface area contributed by atoms with Crippen molar-refractivity contribution in [3.63, 3.8) is 0 Å². The van der Waals surface area contributed by atoms with Gasteiger partial charge in [0.2, 0.25) is 0 Å². The molecule has 1 aromatic heterocycles.